The third-order valence-electron chi connectivity index (χ3n) is 2.66. The first kappa shape index (κ1) is 11.9. The molecule has 2 N–H and O–H groups in total. The molecule has 0 aliphatic rings. The van der Waals surface area contributed by atoms with Crippen LogP contribution in [0.3, 0.4) is 0 Å². The van der Waals surface area contributed by atoms with E-state index in [0.29, 0.717) is 12.5 Å². The van der Waals surface area contributed by atoms with Gasteiger partial charge in [0.15, 0.2) is 5.76 Å². The number of aromatic nitrogens is 3. The van der Waals surface area contributed by atoms with Crippen LogP contribution in [0.25, 0.3) is 10.2 Å². The summed E-state index contributed by atoms with van der Waals surface area (Å²) in [5.74, 6) is 2.18. The topological polar surface area (TPSA) is 75.9 Å². The number of thiophene rings is 1. The van der Waals surface area contributed by atoms with Crippen molar-refractivity contribution < 1.29 is 4.52 Å². The molecule has 7 heteroatoms. The largest absolute Gasteiger partial charge is 0.362 e. The molecule has 0 aromatic carbocycles. The highest BCUT2D eigenvalue weighted by Gasteiger charge is 2.09. The Morgan fingerprint density at radius 1 is 1.37 bits per heavy atom. The van der Waals surface area contributed by atoms with Gasteiger partial charge in [-0.2, -0.15) is 4.98 Å². The standard InChI is InChI=1S/C12H13N5OS/c1-7-5-8(18-17-7)6-14-10-9-3-4-19-11(9)16-12(13-2)15-10/h3-5H,6H2,1-2H3,(H2,13,14,15,16). The van der Waals surface area contributed by atoms with E-state index >= 15 is 0 Å². The predicted molar refractivity (Wildman–Crippen MR) is 75.5 cm³/mol. The lowest BCUT2D eigenvalue weighted by Crippen LogP contribution is -2.04. The number of hydrogen-bond acceptors (Lipinski definition) is 7. The zero-order valence-corrected chi connectivity index (χ0v) is 11.4. The van der Waals surface area contributed by atoms with Gasteiger partial charge in [-0.05, 0) is 18.4 Å². The van der Waals surface area contributed by atoms with Crippen LogP contribution in [0.4, 0.5) is 11.8 Å². The Hall–Kier alpha value is -2.15. The highest BCUT2D eigenvalue weighted by atomic mass is 32.1. The Balaban J connectivity index is 1.88. The molecule has 0 saturated heterocycles. The second kappa shape index (κ2) is 4.85. The van der Waals surface area contributed by atoms with Crippen LogP contribution in [0.5, 0.6) is 0 Å². The van der Waals surface area contributed by atoms with E-state index in [4.69, 9.17) is 4.52 Å². The molecule has 3 aromatic rings. The van der Waals surface area contributed by atoms with Gasteiger partial charge in [0.1, 0.15) is 10.6 Å². The van der Waals surface area contributed by atoms with Gasteiger partial charge < -0.3 is 15.2 Å². The molecule has 0 atom stereocenters. The minimum Gasteiger partial charge on any atom is -0.362 e. The van der Waals surface area contributed by atoms with E-state index in [2.05, 4.69) is 25.8 Å². The second-order valence-electron chi connectivity index (χ2n) is 4.07. The molecule has 0 amide bonds. The molecule has 6 nitrogen and oxygen atoms in total. The normalized spacial score (nSPS) is 10.8. The minimum absolute atomic E-state index is 0.548. The van der Waals surface area contributed by atoms with Gasteiger partial charge in [-0.1, -0.05) is 5.16 Å². The molecule has 19 heavy (non-hydrogen) atoms. The first-order valence-corrected chi connectivity index (χ1v) is 6.73. The van der Waals surface area contributed by atoms with Crippen LogP contribution >= 0.6 is 11.3 Å². The average Bonchev–Trinajstić information content (AvgIpc) is 3.04. The maximum Gasteiger partial charge on any atom is 0.225 e. The van der Waals surface area contributed by atoms with Gasteiger partial charge >= 0.3 is 0 Å². The molecule has 0 spiro atoms. The van der Waals surface area contributed by atoms with Gasteiger partial charge in [0.2, 0.25) is 5.95 Å². The van der Waals surface area contributed by atoms with E-state index < -0.39 is 0 Å². The van der Waals surface area contributed by atoms with Crippen LogP contribution in [0.15, 0.2) is 22.0 Å². The number of nitrogens with zero attached hydrogens (tertiary/aromatic N) is 3. The quantitative estimate of drug-likeness (QED) is 0.762. The Labute approximate surface area is 113 Å². The average molecular weight is 275 g/mol. The Kier molecular flexibility index (Phi) is 3.04. The highest BCUT2D eigenvalue weighted by molar-refractivity contribution is 7.16. The number of hydrogen-bond donors (Lipinski definition) is 2. The predicted octanol–water partition coefficient (Wildman–Crippen LogP) is 2.64. The van der Waals surface area contributed by atoms with Gasteiger partial charge in [-0.15, -0.1) is 11.3 Å². The third kappa shape index (κ3) is 2.37. The summed E-state index contributed by atoms with van der Waals surface area (Å²) in [5.41, 5.74) is 0.871. The Morgan fingerprint density at radius 3 is 3.00 bits per heavy atom. The lowest BCUT2D eigenvalue weighted by Gasteiger charge is -2.06. The number of aryl methyl sites for hydroxylation is 1. The van der Waals surface area contributed by atoms with Gasteiger partial charge in [0, 0.05) is 13.1 Å². The van der Waals surface area contributed by atoms with Crippen molar-refractivity contribution in [2.45, 2.75) is 13.5 Å². The molecular formula is C12H13N5OS. The molecule has 0 fully saturated rings. The van der Waals surface area contributed by atoms with Crippen LogP contribution in [0.1, 0.15) is 11.5 Å². The van der Waals surface area contributed by atoms with Crippen molar-refractivity contribution in [1.82, 2.24) is 15.1 Å². The highest BCUT2D eigenvalue weighted by Crippen LogP contribution is 2.26. The zero-order chi connectivity index (χ0) is 13.2. The summed E-state index contributed by atoms with van der Waals surface area (Å²) in [7, 11) is 1.80. The van der Waals surface area contributed by atoms with Crippen molar-refractivity contribution in [2.24, 2.45) is 0 Å². The van der Waals surface area contributed by atoms with Gasteiger partial charge in [-0.25, -0.2) is 4.98 Å². The smallest absolute Gasteiger partial charge is 0.225 e. The molecule has 98 valence electrons. The van der Waals surface area contributed by atoms with Crippen molar-refractivity contribution in [1.29, 1.82) is 0 Å². The van der Waals surface area contributed by atoms with Crippen LogP contribution in [0.2, 0.25) is 0 Å². The van der Waals surface area contributed by atoms with Crippen molar-refractivity contribution in [3.63, 3.8) is 0 Å². The molecule has 0 aliphatic heterocycles. The molecule has 0 aliphatic carbocycles. The van der Waals surface area contributed by atoms with Crippen LogP contribution < -0.4 is 10.6 Å². The maximum absolute atomic E-state index is 5.17. The molecular weight excluding hydrogens is 262 g/mol. The lowest BCUT2D eigenvalue weighted by molar-refractivity contribution is 0.384. The van der Waals surface area contributed by atoms with Crippen LogP contribution in [-0.2, 0) is 6.54 Å². The zero-order valence-electron chi connectivity index (χ0n) is 10.6. The summed E-state index contributed by atoms with van der Waals surface area (Å²) in [6.07, 6.45) is 0. The summed E-state index contributed by atoms with van der Waals surface area (Å²) < 4.78 is 5.17. The summed E-state index contributed by atoms with van der Waals surface area (Å²) in [6.45, 7) is 2.44. The van der Waals surface area contributed by atoms with Crippen molar-refractivity contribution in [2.75, 3.05) is 17.7 Å². The lowest BCUT2D eigenvalue weighted by atomic mass is 10.3. The van der Waals surface area contributed by atoms with Gasteiger partial charge in [0.25, 0.3) is 0 Å². The Bertz CT molecular complexity index is 705. The van der Waals surface area contributed by atoms with Crippen LogP contribution in [0, 0.1) is 6.92 Å². The molecule has 3 heterocycles. The number of fused-ring (bicyclic) bond motifs is 1. The summed E-state index contributed by atoms with van der Waals surface area (Å²) >= 11 is 1.59. The summed E-state index contributed by atoms with van der Waals surface area (Å²) in [4.78, 5) is 9.77. The van der Waals surface area contributed by atoms with Crippen molar-refractivity contribution >= 4 is 33.3 Å². The fourth-order valence-electron chi connectivity index (χ4n) is 1.77. The van der Waals surface area contributed by atoms with E-state index in [-0.39, 0.29) is 0 Å². The van der Waals surface area contributed by atoms with E-state index in [9.17, 15) is 0 Å². The second-order valence-corrected chi connectivity index (χ2v) is 4.97. The van der Waals surface area contributed by atoms with E-state index in [0.717, 1.165) is 27.5 Å². The van der Waals surface area contributed by atoms with Crippen molar-refractivity contribution in [3.05, 3.63) is 29.0 Å². The molecule has 0 unspecified atom stereocenters. The fourth-order valence-corrected chi connectivity index (χ4v) is 2.54. The molecule has 3 rings (SSSR count). The van der Waals surface area contributed by atoms with Gasteiger partial charge in [0.05, 0.1) is 17.6 Å². The van der Waals surface area contributed by atoms with Crippen molar-refractivity contribution in [3.8, 4) is 0 Å². The maximum atomic E-state index is 5.17. The molecule has 0 bridgehead atoms. The third-order valence-corrected chi connectivity index (χ3v) is 3.46. The number of rotatable bonds is 4. The summed E-state index contributed by atoms with van der Waals surface area (Å²) in [5, 5.41) is 13.1. The first-order chi connectivity index (χ1) is 9.26. The molecule has 3 aromatic heterocycles. The molecule has 0 radical (unpaired) electrons. The molecule has 0 saturated carbocycles. The monoisotopic (exact) mass is 275 g/mol. The van der Waals surface area contributed by atoms with Gasteiger partial charge in [-0.3, -0.25) is 0 Å². The fraction of sp³-hybridized carbons (Fsp3) is 0.250. The SMILES string of the molecule is CNc1nc(NCc2cc(C)no2)c2ccsc2n1. The summed E-state index contributed by atoms with van der Waals surface area (Å²) in [6, 6.07) is 3.91. The number of anilines is 2. The Morgan fingerprint density at radius 2 is 2.26 bits per heavy atom. The van der Waals surface area contributed by atoms with E-state index in [1.807, 2.05) is 24.4 Å². The van der Waals surface area contributed by atoms with E-state index in [1.54, 1.807) is 18.4 Å². The first-order valence-electron chi connectivity index (χ1n) is 5.85. The van der Waals surface area contributed by atoms with E-state index in [1.165, 1.54) is 0 Å². The minimum atomic E-state index is 0.548. The number of nitrogens with one attached hydrogen (secondary N) is 2. The van der Waals surface area contributed by atoms with Crippen LogP contribution in [-0.4, -0.2) is 22.2 Å².